The number of hydrogen-bond acceptors (Lipinski definition) is 5. The van der Waals surface area contributed by atoms with Gasteiger partial charge in [-0.15, -0.1) is 0 Å². The van der Waals surface area contributed by atoms with Crippen molar-refractivity contribution in [2.24, 2.45) is 0 Å². The van der Waals surface area contributed by atoms with E-state index >= 15 is 0 Å². The average Bonchev–Trinajstić information content (AvgIpc) is 3.17. The molecule has 37 heavy (non-hydrogen) atoms. The normalized spacial score (nSPS) is 17.1. The molecule has 2 aromatic rings. The fourth-order valence-corrected chi connectivity index (χ4v) is 4.87. The smallest absolute Gasteiger partial charge is 0.349 e. The number of fused-ring (bicyclic) bond motifs is 1. The fourth-order valence-electron chi connectivity index (χ4n) is 4.19. The van der Waals surface area contributed by atoms with Crippen LogP contribution in [0.5, 0.6) is 0 Å². The SMILES string of the molecule is CC(=O)N1Cc2cc(S(C)(=O)=O)ccc2C1C(=O)Nc1ccc(C(C)(CC(=O)N(C)C)C(F)(F)F)cc1. The van der Waals surface area contributed by atoms with E-state index in [1.165, 1.54) is 68.4 Å². The Bertz CT molecular complexity index is 1340. The Kier molecular flexibility index (Phi) is 7.46. The molecule has 3 rings (SSSR count). The fraction of sp³-hybridized carbons (Fsp3) is 0.400. The summed E-state index contributed by atoms with van der Waals surface area (Å²) in [6.45, 7) is 2.27. The van der Waals surface area contributed by atoms with Crippen LogP contribution in [0.1, 0.15) is 43.0 Å². The summed E-state index contributed by atoms with van der Waals surface area (Å²) < 4.78 is 65.7. The van der Waals surface area contributed by atoms with Crippen LogP contribution in [0.4, 0.5) is 18.9 Å². The van der Waals surface area contributed by atoms with Gasteiger partial charge in [-0.2, -0.15) is 13.2 Å². The highest BCUT2D eigenvalue weighted by Crippen LogP contribution is 2.44. The van der Waals surface area contributed by atoms with Crippen molar-refractivity contribution in [3.8, 4) is 0 Å². The van der Waals surface area contributed by atoms with Gasteiger partial charge in [-0.1, -0.05) is 18.2 Å². The highest BCUT2D eigenvalue weighted by molar-refractivity contribution is 7.90. The Morgan fingerprint density at radius 2 is 1.68 bits per heavy atom. The van der Waals surface area contributed by atoms with Gasteiger partial charge in [0.05, 0.1) is 10.3 Å². The number of carbonyl (C=O) groups excluding carboxylic acids is 3. The molecule has 1 aliphatic rings. The Balaban J connectivity index is 1.89. The number of anilines is 1. The molecule has 3 amide bonds. The zero-order chi connectivity index (χ0) is 27.9. The van der Waals surface area contributed by atoms with Gasteiger partial charge in [0.2, 0.25) is 11.8 Å². The molecule has 0 saturated carbocycles. The summed E-state index contributed by atoms with van der Waals surface area (Å²) in [5.74, 6) is -1.69. The first kappa shape index (κ1) is 28.2. The Labute approximate surface area is 213 Å². The molecule has 2 aromatic carbocycles. The summed E-state index contributed by atoms with van der Waals surface area (Å²) >= 11 is 0. The van der Waals surface area contributed by atoms with Gasteiger partial charge >= 0.3 is 6.18 Å². The Morgan fingerprint density at radius 3 is 2.16 bits per heavy atom. The Morgan fingerprint density at radius 1 is 1.08 bits per heavy atom. The number of nitrogens with zero attached hydrogens (tertiary/aromatic N) is 2. The summed E-state index contributed by atoms with van der Waals surface area (Å²) in [4.78, 5) is 40.0. The van der Waals surface area contributed by atoms with Crippen LogP contribution in [0.2, 0.25) is 0 Å². The predicted octanol–water partition coefficient (Wildman–Crippen LogP) is 3.43. The summed E-state index contributed by atoms with van der Waals surface area (Å²) in [6, 6.07) is 8.24. The number of hydrogen-bond donors (Lipinski definition) is 1. The van der Waals surface area contributed by atoms with Crippen molar-refractivity contribution in [3.63, 3.8) is 0 Å². The topological polar surface area (TPSA) is 104 Å². The van der Waals surface area contributed by atoms with Crippen LogP contribution in [0, 0.1) is 0 Å². The van der Waals surface area contributed by atoms with E-state index < -0.39 is 51.6 Å². The lowest BCUT2D eigenvalue weighted by molar-refractivity contribution is -0.190. The lowest BCUT2D eigenvalue weighted by Crippen LogP contribution is -2.43. The monoisotopic (exact) mass is 539 g/mol. The molecular weight excluding hydrogens is 511 g/mol. The van der Waals surface area contributed by atoms with E-state index in [0.29, 0.717) is 11.1 Å². The summed E-state index contributed by atoms with van der Waals surface area (Å²) in [7, 11) is -0.735. The van der Waals surface area contributed by atoms with Crippen molar-refractivity contribution in [2.45, 2.75) is 49.3 Å². The van der Waals surface area contributed by atoms with E-state index in [1.54, 1.807) is 0 Å². The molecule has 0 spiro atoms. The average molecular weight is 540 g/mol. The second-order valence-corrected chi connectivity index (χ2v) is 11.6. The molecule has 0 aliphatic carbocycles. The van der Waals surface area contributed by atoms with Crippen LogP contribution in [0.3, 0.4) is 0 Å². The van der Waals surface area contributed by atoms with E-state index in [-0.39, 0.29) is 22.7 Å². The number of sulfone groups is 1. The van der Waals surface area contributed by atoms with Crippen LogP contribution in [-0.4, -0.2) is 62.5 Å². The molecule has 2 atom stereocenters. The van der Waals surface area contributed by atoms with Gasteiger partial charge in [0, 0.05) is 45.9 Å². The number of halogens is 3. The minimum Gasteiger partial charge on any atom is -0.349 e. The maximum Gasteiger partial charge on any atom is 0.398 e. The zero-order valence-electron chi connectivity index (χ0n) is 21.0. The standard InChI is InChI=1S/C25H28F3N3O5S/c1-15(32)31-14-16-12-19(37(5,35)36)10-11-20(16)22(31)23(34)29-18-8-6-17(7-9-18)24(2,25(26,27)28)13-21(33)30(3)4/h6-12,22H,13-14H2,1-5H3,(H,29,34). The van der Waals surface area contributed by atoms with Gasteiger partial charge in [-0.05, 0) is 47.9 Å². The lowest BCUT2D eigenvalue weighted by Gasteiger charge is -2.33. The van der Waals surface area contributed by atoms with Crippen molar-refractivity contribution >= 4 is 33.2 Å². The number of carbonyl (C=O) groups is 3. The van der Waals surface area contributed by atoms with E-state index in [0.717, 1.165) is 18.1 Å². The Hall–Kier alpha value is -3.41. The molecule has 0 aromatic heterocycles. The van der Waals surface area contributed by atoms with Gasteiger partial charge in [0.25, 0.3) is 5.91 Å². The van der Waals surface area contributed by atoms with Crippen LogP contribution in [-0.2, 0) is 36.2 Å². The number of alkyl halides is 3. The molecule has 1 heterocycles. The van der Waals surface area contributed by atoms with E-state index in [1.807, 2.05) is 0 Å². The number of rotatable bonds is 6. The molecule has 0 bridgehead atoms. The molecule has 1 N–H and O–H groups in total. The molecule has 1 aliphatic heterocycles. The minimum absolute atomic E-state index is 0.0366. The summed E-state index contributed by atoms with van der Waals surface area (Å²) in [5.41, 5.74) is -1.41. The molecule has 12 heteroatoms. The number of amides is 3. The van der Waals surface area contributed by atoms with Crippen molar-refractivity contribution in [1.29, 1.82) is 0 Å². The van der Waals surface area contributed by atoms with Crippen LogP contribution < -0.4 is 5.32 Å². The molecule has 0 radical (unpaired) electrons. The van der Waals surface area contributed by atoms with Crippen molar-refractivity contribution < 1.29 is 36.0 Å². The van der Waals surface area contributed by atoms with Gasteiger partial charge in [0.15, 0.2) is 9.84 Å². The van der Waals surface area contributed by atoms with E-state index in [2.05, 4.69) is 5.32 Å². The minimum atomic E-state index is -4.70. The number of nitrogens with one attached hydrogen (secondary N) is 1. The third-order valence-electron chi connectivity index (χ3n) is 6.56. The third kappa shape index (κ3) is 5.63. The molecule has 0 saturated heterocycles. The molecular formula is C25H28F3N3O5S. The maximum absolute atomic E-state index is 14.0. The first-order chi connectivity index (χ1) is 17.0. The quantitative estimate of drug-likeness (QED) is 0.606. The molecule has 2 unspecified atom stereocenters. The van der Waals surface area contributed by atoms with Crippen molar-refractivity contribution in [2.75, 3.05) is 25.7 Å². The van der Waals surface area contributed by atoms with Gasteiger partial charge in [-0.25, -0.2) is 8.42 Å². The number of benzene rings is 2. The van der Waals surface area contributed by atoms with Gasteiger partial charge in [0.1, 0.15) is 6.04 Å². The molecule has 200 valence electrons. The van der Waals surface area contributed by atoms with Gasteiger partial charge in [-0.3, -0.25) is 14.4 Å². The summed E-state index contributed by atoms with van der Waals surface area (Å²) in [6.07, 6.45) is -4.43. The van der Waals surface area contributed by atoms with E-state index in [9.17, 15) is 36.0 Å². The zero-order valence-corrected chi connectivity index (χ0v) is 21.8. The second-order valence-electron chi connectivity index (χ2n) is 9.54. The largest absolute Gasteiger partial charge is 0.398 e. The second kappa shape index (κ2) is 9.81. The van der Waals surface area contributed by atoms with Crippen LogP contribution in [0.25, 0.3) is 0 Å². The first-order valence-corrected chi connectivity index (χ1v) is 13.1. The van der Waals surface area contributed by atoms with Crippen LogP contribution in [0.15, 0.2) is 47.4 Å². The lowest BCUT2D eigenvalue weighted by atomic mass is 9.78. The van der Waals surface area contributed by atoms with E-state index in [4.69, 9.17) is 0 Å². The summed E-state index contributed by atoms with van der Waals surface area (Å²) in [5, 5.41) is 2.62. The highest BCUT2D eigenvalue weighted by Gasteiger charge is 2.53. The molecule has 0 fully saturated rings. The van der Waals surface area contributed by atoms with Crippen molar-refractivity contribution in [3.05, 3.63) is 59.2 Å². The highest BCUT2D eigenvalue weighted by atomic mass is 32.2. The van der Waals surface area contributed by atoms with Gasteiger partial charge < -0.3 is 15.1 Å². The van der Waals surface area contributed by atoms with Crippen LogP contribution >= 0.6 is 0 Å². The third-order valence-corrected chi connectivity index (χ3v) is 7.67. The predicted molar refractivity (Wildman–Crippen MR) is 130 cm³/mol. The van der Waals surface area contributed by atoms with Crippen molar-refractivity contribution in [1.82, 2.24) is 9.80 Å². The maximum atomic E-state index is 14.0. The molecule has 8 nitrogen and oxygen atoms in total. The first-order valence-electron chi connectivity index (χ1n) is 11.2.